The molecule has 0 fully saturated rings. The van der Waals surface area contributed by atoms with Gasteiger partial charge in [0.1, 0.15) is 29.7 Å². The van der Waals surface area contributed by atoms with Gasteiger partial charge in [-0.05, 0) is 25.5 Å². The molecule has 0 aliphatic heterocycles. The number of nitrogens with zero attached hydrogens (tertiary/aromatic N) is 2. The first-order valence-corrected chi connectivity index (χ1v) is 6.44. The van der Waals surface area contributed by atoms with Crippen LogP contribution in [0.25, 0.3) is 0 Å². The Morgan fingerprint density at radius 3 is 2.76 bits per heavy atom. The molecule has 3 N–H and O–H groups in total. The van der Waals surface area contributed by atoms with Crippen molar-refractivity contribution < 1.29 is 13.5 Å². The van der Waals surface area contributed by atoms with Gasteiger partial charge in [0, 0.05) is 12.7 Å². The molecule has 0 bridgehead atoms. The molecule has 0 aliphatic rings. The van der Waals surface area contributed by atoms with Crippen molar-refractivity contribution in [2.75, 3.05) is 17.7 Å². The van der Waals surface area contributed by atoms with Crippen LogP contribution >= 0.6 is 0 Å². The Balaban J connectivity index is 2.31. The fourth-order valence-electron chi connectivity index (χ4n) is 1.74. The predicted octanol–water partition coefficient (Wildman–Crippen LogP) is 2.93. The third-order valence-corrected chi connectivity index (χ3v) is 2.76. The first kappa shape index (κ1) is 15.1. The Bertz CT molecular complexity index is 649. The highest BCUT2D eigenvalue weighted by atomic mass is 19.1. The molecule has 0 amide bonds. The molecular formula is C14H16F2N4O. The number of nitrogen functional groups attached to an aromatic ring is 1. The van der Waals surface area contributed by atoms with E-state index in [0.717, 1.165) is 0 Å². The fourth-order valence-corrected chi connectivity index (χ4v) is 1.74. The number of ether oxygens (including phenoxy) is 1. The standard InChI is InChI=1S/C14H16F2N4O/c1-3-21-7-12-18-10(17)6-11(19-12)20-14-9(15)5-4-8(2)13(14)16/h4-6H,3,7H2,1-2H3,(H3,17,18,19,20). The van der Waals surface area contributed by atoms with E-state index in [0.29, 0.717) is 18.0 Å². The summed E-state index contributed by atoms with van der Waals surface area (Å²) in [5, 5.41) is 2.60. The van der Waals surface area contributed by atoms with Crippen LogP contribution < -0.4 is 11.1 Å². The molecule has 1 heterocycles. The summed E-state index contributed by atoms with van der Waals surface area (Å²) in [5.41, 5.74) is 5.72. The fraction of sp³-hybridized carbons (Fsp3) is 0.286. The topological polar surface area (TPSA) is 73.1 Å². The molecule has 0 saturated heterocycles. The lowest BCUT2D eigenvalue weighted by molar-refractivity contribution is 0.128. The number of aryl methyl sites for hydroxylation is 1. The van der Waals surface area contributed by atoms with Crippen LogP contribution in [-0.4, -0.2) is 16.6 Å². The minimum Gasteiger partial charge on any atom is -0.384 e. The van der Waals surface area contributed by atoms with Gasteiger partial charge in [0.15, 0.2) is 11.6 Å². The van der Waals surface area contributed by atoms with E-state index >= 15 is 0 Å². The molecule has 1 aromatic heterocycles. The van der Waals surface area contributed by atoms with E-state index in [1.165, 1.54) is 18.2 Å². The predicted molar refractivity (Wildman–Crippen MR) is 76.2 cm³/mol. The Labute approximate surface area is 121 Å². The van der Waals surface area contributed by atoms with E-state index in [9.17, 15) is 8.78 Å². The number of halogens is 2. The van der Waals surface area contributed by atoms with E-state index in [2.05, 4.69) is 15.3 Å². The van der Waals surface area contributed by atoms with E-state index in [1.807, 2.05) is 6.92 Å². The third kappa shape index (κ3) is 3.63. The first-order valence-electron chi connectivity index (χ1n) is 6.44. The molecule has 7 heteroatoms. The van der Waals surface area contributed by atoms with Crippen molar-refractivity contribution in [1.82, 2.24) is 9.97 Å². The Morgan fingerprint density at radius 2 is 2.05 bits per heavy atom. The highest BCUT2D eigenvalue weighted by Crippen LogP contribution is 2.25. The molecular weight excluding hydrogens is 278 g/mol. The van der Waals surface area contributed by atoms with Crippen molar-refractivity contribution in [2.24, 2.45) is 0 Å². The van der Waals surface area contributed by atoms with Crippen LogP contribution in [0.5, 0.6) is 0 Å². The van der Waals surface area contributed by atoms with Crippen molar-refractivity contribution >= 4 is 17.3 Å². The highest BCUT2D eigenvalue weighted by molar-refractivity contribution is 5.60. The van der Waals surface area contributed by atoms with Gasteiger partial charge in [0.05, 0.1) is 0 Å². The monoisotopic (exact) mass is 294 g/mol. The quantitative estimate of drug-likeness (QED) is 0.887. The molecule has 2 aromatic rings. The summed E-state index contributed by atoms with van der Waals surface area (Å²) in [5.74, 6) is -0.635. The first-order chi connectivity index (χ1) is 10.0. The number of rotatable bonds is 5. The maximum Gasteiger partial charge on any atom is 0.158 e. The zero-order valence-corrected chi connectivity index (χ0v) is 11.8. The van der Waals surface area contributed by atoms with Gasteiger partial charge in [-0.2, -0.15) is 0 Å². The Kier molecular flexibility index (Phi) is 4.64. The van der Waals surface area contributed by atoms with Gasteiger partial charge >= 0.3 is 0 Å². The molecule has 0 unspecified atom stereocenters. The number of hydrogen-bond acceptors (Lipinski definition) is 5. The van der Waals surface area contributed by atoms with Crippen molar-refractivity contribution in [1.29, 1.82) is 0 Å². The summed E-state index contributed by atoms with van der Waals surface area (Å²) in [6.07, 6.45) is 0. The Morgan fingerprint density at radius 1 is 1.29 bits per heavy atom. The SMILES string of the molecule is CCOCc1nc(N)cc(Nc2c(F)ccc(C)c2F)n1. The molecule has 0 saturated carbocycles. The number of hydrogen-bond donors (Lipinski definition) is 2. The second-order valence-corrected chi connectivity index (χ2v) is 4.41. The summed E-state index contributed by atoms with van der Waals surface area (Å²) < 4.78 is 32.9. The molecule has 2 rings (SSSR count). The van der Waals surface area contributed by atoms with Gasteiger partial charge in [0.2, 0.25) is 0 Å². The van der Waals surface area contributed by atoms with Crippen LogP contribution in [0.4, 0.5) is 26.1 Å². The molecule has 5 nitrogen and oxygen atoms in total. The van der Waals surface area contributed by atoms with Crippen molar-refractivity contribution in [3.8, 4) is 0 Å². The van der Waals surface area contributed by atoms with Gasteiger partial charge in [0.25, 0.3) is 0 Å². The van der Waals surface area contributed by atoms with Crippen LogP contribution in [-0.2, 0) is 11.3 Å². The minimum absolute atomic E-state index is 0.176. The zero-order valence-electron chi connectivity index (χ0n) is 11.8. The maximum atomic E-state index is 14.0. The maximum absolute atomic E-state index is 14.0. The number of aromatic nitrogens is 2. The lowest BCUT2D eigenvalue weighted by Crippen LogP contribution is -2.07. The van der Waals surface area contributed by atoms with Crippen LogP contribution in [0, 0.1) is 18.6 Å². The van der Waals surface area contributed by atoms with Gasteiger partial charge < -0.3 is 15.8 Å². The molecule has 0 spiro atoms. The second kappa shape index (κ2) is 6.45. The molecule has 21 heavy (non-hydrogen) atoms. The van der Waals surface area contributed by atoms with E-state index in [-0.39, 0.29) is 23.9 Å². The van der Waals surface area contributed by atoms with E-state index in [4.69, 9.17) is 10.5 Å². The summed E-state index contributed by atoms with van der Waals surface area (Å²) in [6.45, 7) is 4.06. The highest BCUT2D eigenvalue weighted by Gasteiger charge is 2.13. The van der Waals surface area contributed by atoms with Crippen LogP contribution in [0.15, 0.2) is 18.2 Å². The lowest BCUT2D eigenvalue weighted by atomic mass is 10.2. The van der Waals surface area contributed by atoms with E-state index < -0.39 is 11.6 Å². The van der Waals surface area contributed by atoms with Crippen molar-refractivity contribution in [3.63, 3.8) is 0 Å². The Hall–Kier alpha value is -2.28. The largest absolute Gasteiger partial charge is 0.384 e. The lowest BCUT2D eigenvalue weighted by Gasteiger charge is -2.11. The average Bonchev–Trinajstić information content (AvgIpc) is 2.45. The second-order valence-electron chi connectivity index (χ2n) is 4.41. The van der Waals surface area contributed by atoms with Gasteiger partial charge in [-0.3, -0.25) is 0 Å². The van der Waals surface area contributed by atoms with Gasteiger partial charge in [-0.1, -0.05) is 6.07 Å². The van der Waals surface area contributed by atoms with E-state index in [1.54, 1.807) is 6.92 Å². The molecule has 0 aliphatic carbocycles. The zero-order chi connectivity index (χ0) is 15.4. The van der Waals surface area contributed by atoms with Crippen molar-refractivity contribution in [2.45, 2.75) is 20.5 Å². The summed E-state index contributed by atoms with van der Waals surface area (Å²) in [4.78, 5) is 8.11. The number of benzene rings is 1. The molecule has 112 valence electrons. The number of anilines is 3. The van der Waals surface area contributed by atoms with Crippen LogP contribution in [0.2, 0.25) is 0 Å². The van der Waals surface area contributed by atoms with Gasteiger partial charge in [-0.15, -0.1) is 0 Å². The summed E-state index contributed by atoms with van der Waals surface area (Å²) >= 11 is 0. The number of nitrogens with one attached hydrogen (secondary N) is 1. The molecule has 0 radical (unpaired) electrons. The number of nitrogens with two attached hydrogens (primary N) is 1. The molecule has 1 aromatic carbocycles. The van der Waals surface area contributed by atoms with Gasteiger partial charge in [-0.25, -0.2) is 18.7 Å². The molecule has 0 atom stereocenters. The average molecular weight is 294 g/mol. The minimum atomic E-state index is -0.707. The normalized spacial score (nSPS) is 10.7. The van der Waals surface area contributed by atoms with Crippen LogP contribution in [0.3, 0.4) is 0 Å². The summed E-state index contributed by atoms with van der Waals surface area (Å²) in [6, 6.07) is 3.95. The summed E-state index contributed by atoms with van der Waals surface area (Å²) in [7, 11) is 0. The van der Waals surface area contributed by atoms with Crippen molar-refractivity contribution in [3.05, 3.63) is 41.2 Å². The third-order valence-electron chi connectivity index (χ3n) is 2.76. The van der Waals surface area contributed by atoms with Crippen LogP contribution in [0.1, 0.15) is 18.3 Å². The smallest absolute Gasteiger partial charge is 0.158 e.